The number of morpholine rings is 1. The SMILES string of the molecule is Cc1ccc(-c2ccccc2C(=O)Nc2ccc(C(=O)N3CC4COCCN4Cc4ccccc43)cc2)cc1. The minimum absolute atomic E-state index is 0.0579. The molecule has 196 valence electrons. The second-order valence-electron chi connectivity index (χ2n) is 10.2. The van der Waals surface area contributed by atoms with Gasteiger partial charge in [-0.1, -0.05) is 66.2 Å². The third kappa shape index (κ3) is 5.21. The first-order chi connectivity index (χ1) is 19.1. The molecule has 1 fully saturated rings. The largest absolute Gasteiger partial charge is 0.378 e. The highest BCUT2D eigenvalue weighted by Gasteiger charge is 2.33. The number of hydrogen-bond donors (Lipinski definition) is 1. The van der Waals surface area contributed by atoms with Crippen molar-refractivity contribution >= 4 is 23.2 Å². The van der Waals surface area contributed by atoms with E-state index < -0.39 is 0 Å². The minimum atomic E-state index is -0.191. The number of anilines is 2. The molecular formula is C33H31N3O3. The summed E-state index contributed by atoms with van der Waals surface area (Å²) in [5, 5.41) is 3.00. The average Bonchev–Trinajstić information content (AvgIpc) is 3.14. The van der Waals surface area contributed by atoms with Gasteiger partial charge in [-0.05, 0) is 60.0 Å². The van der Waals surface area contributed by atoms with Crippen molar-refractivity contribution < 1.29 is 14.3 Å². The number of amides is 2. The van der Waals surface area contributed by atoms with E-state index in [0.717, 1.165) is 42.1 Å². The van der Waals surface area contributed by atoms with E-state index in [1.807, 2.05) is 78.6 Å². The van der Waals surface area contributed by atoms with Crippen molar-refractivity contribution in [3.05, 3.63) is 119 Å². The lowest BCUT2D eigenvalue weighted by Crippen LogP contribution is -2.50. The van der Waals surface area contributed by atoms with Crippen LogP contribution in [0.5, 0.6) is 0 Å². The second-order valence-corrected chi connectivity index (χ2v) is 10.2. The molecule has 2 heterocycles. The standard InChI is InChI=1S/C33H31N3O3/c1-23-10-12-24(13-11-23)29-7-3-4-8-30(29)32(37)34-27-16-14-25(15-17-27)33(38)36-21-28-22-39-19-18-35(28)20-26-6-2-5-9-31(26)36/h2-17,28H,18-22H2,1H3,(H,34,37). The lowest BCUT2D eigenvalue weighted by Gasteiger charge is -2.35. The summed E-state index contributed by atoms with van der Waals surface area (Å²) in [6.07, 6.45) is 0. The Morgan fingerprint density at radius 2 is 1.62 bits per heavy atom. The van der Waals surface area contributed by atoms with Crippen molar-refractivity contribution in [3.8, 4) is 11.1 Å². The molecule has 0 saturated carbocycles. The molecule has 39 heavy (non-hydrogen) atoms. The van der Waals surface area contributed by atoms with Crippen LogP contribution in [0.1, 0.15) is 31.8 Å². The van der Waals surface area contributed by atoms with Crippen LogP contribution >= 0.6 is 0 Å². The quantitative estimate of drug-likeness (QED) is 0.373. The molecule has 1 saturated heterocycles. The van der Waals surface area contributed by atoms with E-state index in [1.54, 1.807) is 24.3 Å². The number of hydrogen-bond acceptors (Lipinski definition) is 4. The van der Waals surface area contributed by atoms with E-state index in [9.17, 15) is 9.59 Å². The molecule has 4 aromatic rings. The highest BCUT2D eigenvalue weighted by molar-refractivity contribution is 6.10. The molecule has 1 N–H and O–H groups in total. The zero-order chi connectivity index (χ0) is 26.8. The maximum atomic E-state index is 13.7. The van der Waals surface area contributed by atoms with Gasteiger partial charge in [0.15, 0.2) is 0 Å². The summed E-state index contributed by atoms with van der Waals surface area (Å²) in [6.45, 7) is 5.62. The predicted octanol–water partition coefficient (Wildman–Crippen LogP) is 5.78. The molecule has 2 aliphatic heterocycles. The summed E-state index contributed by atoms with van der Waals surface area (Å²) in [5.41, 5.74) is 6.94. The summed E-state index contributed by atoms with van der Waals surface area (Å²) in [6, 6.07) is 31.2. The Kier molecular flexibility index (Phi) is 6.97. The third-order valence-electron chi connectivity index (χ3n) is 7.57. The summed E-state index contributed by atoms with van der Waals surface area (Å²) >= 11 is 0. The molecule has 0 radical (unpaired) electrons. The van der Waals surface area contributed by atoms with Gasteiger partial charge in [0, 0.05) is 42.1 Å². The number of benzene rings is 4. The van der Waals surface area contributed by atoms with E-state index in [0.29, 0.717) is 30.0 Å². The molecule has 0 aliphatic carbocycles. The van der Waals surface area contributed by atoms with E-state index >= 15 is 0 Å². The number of nitrogens with one attached hydrogen (secondary N) is 1. The number of carbonyl (C=O) groups excluding carboxylic acids is 2. The highest BCUT2D eigenvalue weighted by atomic mass is 16.5. The van der Waals surface area contributed by atoms with Crippen LogP contribution in [0, 0.1) is 6.92 Å². The van der Waals surface area contributed by atoms with Crippen LogP contribution in [0.2, 0.25) is 0 Å². The molecule has 4 aromatic carbocycles. The van der Waals surface area contributed by atoms with Crippen molar-refractivity contribution in [1.82, 2.24) is 4.90 Å². The first-order valence-corrected chi connectivity index (χ1v) is 13.4. The number of aryl methyl sites for hydroxylation is 1. The minimum Gasteiger partial charge on any atom is -0.378 e. The fourth-order valence-electron chi connectivity index (χ4n) is 5.41. The van der Waals surface area contributed by atoms with Gasteiger partial charge in [-0.15, -0.1) is 0 Å². The summed E-state index contributed by atoms with van der Waals surface area (Å²) in [7, 11) is 0. The van der Waals surface area contributed by atoms with E-state index in [2.05, 4.69) is 16.3 Å². The Hall–Kier alpha value is -4.26. The third-order valence-corrected chi connectivity index (χ3v) is 7.57. The van der Waals surface area contributed by atoms with Gasteiger partial charge < -0.3 is 15.0 Å². The first kappa shape index (κ1) is 25.0. The molecule has 0 spiro atoms. The number of ether oxygens (including phenoxy) is 1. The van der Waals surface area contributed by atoms with Crippen LogP contribution in [-0.2, 0) is 11.3 Å². The van der Waals surface area contributed by atoms with Gasteiger partial charge in [-0.3, -0.25) is 14.5 Å². The van der Waals surface area contributed by atoms with Crippen molar-refractivity contribution in [2.24, 2.45) is 0 Å². The zero-order valence-corrected chi connectivity index (χ0v) is 22.0. The fourth-order valence-corrected chi connectivity index (χ4v) is 5.41. The lowest BCUT2D eigenvalue weighted by molar-refractivity contribution is -0.00653. The summed E-state index contributed by atoms with van der Waals surface area (Å²) in [4.78, 5) is 31.3. The zero-order valence-electron chi connectivity index (χ0n) is 22.0. The maximum absolute atomic E-state index is 13.7. The van der Waals surface area contributed by atoms with Crippen LogP contribution in [0.15, 0.2) is 97.1 Å². The molecule has 2 amide bonds. The van der Waals surface area contributed by atoms with Gasteiger partial charge in [-0.2, -0.15) is 0 Å². The van der Waals surface area contributed by atoms with Gasteiger partial charge in [0.1, 0.15) is 0 Å². The first-order valence-electron chi connectivity index (χ1n) is 13.4. The van der Waals surface area contributed by atoms with Crippen LogP contribution in [0.3, 0.4) is 0 Å². The lowest BCUT2D eigenvalue weighted by atomic mass is 9.98. The number of carbonyl (C=O) groups is 2. The number of rotatable bonds is 4. The monoisotopic (exact) mass is 517 g/mol. The van der Waals surface area contributed by atoms with Gasteiger partial charge >= 0.3 is 0 Å². The summed E-state index contributed by atoms with van der Waals surface area (Å²) in [5.74, 6) is -0.249. The van der Waals surface area contributed by atoms with Crippen LogP contribution < -0.4 is 10.2 Å². The molecule has 0 bridgehead atoms. The van der Waals surface area contributed by atoms with Gasteiger partial charge in [0.05, 0.1) is 19.3 Å². The molecule has 1 atom stereocenters. The van der Waals surface area contributed by atoms with Crippen molar-refractivity contribution in [2.45, 2.75) is 19.5 Å². The Morgan fingerprint density at radius 1 is 0.872 bits per heavy atom. The number of nitrogens with zero attached hydrogens (tertiary/aromatic N) is 2. The topological polar surface area (TPSA) is 61.9 Å². The summed E-state index contributed by atoms with van der Waals surface area (Å²) < 4.78 is 5.74. The van der Waals surface area contributed by atoms with E-state index in [4.69, 9.17) is 4.74 Å². The van der Waals surface area contributed by atoms with Gasteiger partial charge in [-0.25, -0.2) is 0 Å². The van der Waals surface area contributed by atoms with Crippen LogP contribution in [-0.4, -0.2) is 49.1 Å². The normalized spacial score (nSPS) is 17.1. The van der Waals surface area contributed by atoms with Crippen LogP contribution in [0.25, 0.3) is 11.1 Å². The smallest absolute Gasteiger partial charge is 0.258 e. The van der Waals surface area contributed by atoms with Crippen molar-refractivity contribution in [1.29, 1.82) is 0 Å². The Labute approximate surface area is 228 Å². The molecular weight excluding hydrogens is 486 g/mol. The van der Waals surface area contributed by atoms with E-state index in [-0.39, 0.29) is 17.9 Å². The second kappa shape index (κ2) is 10.8. The Balaban J connectivity index is 1.21. The predicted molar refractivity (Wildman–Crippen MR) is 154 cm³/mol. The van der Waals surface area contributed by atoms with Gasteiger partial charge in [0.25, 0.3) is 11.8 Å². The molecule has 6 rings (SSSR count). The van der Waals surface area contributed by atoms with Crippen molar-refractivity contribution in [2.75, 3.05) is 36.5 Å². The highest BCUT2D eigenvalue weighted by Crippen LogP contribution is 2.30. The fraction of sp³-hybridized carbons (Fsp3) is 0.212. The molecule has 1 unspecified atom stereocenters. The van der Waals surface area contributed by atoms with Crippen LogP contribution in [0.4, 0.5) is 11.4 Å². The molecule has 2 aliphatic rings. The maximum Gasteiger partial charge on any atom is 0.258 e. The number of para-hydroxylation sites is 1. The number of fused-ring (bicyclic) bond motifs is 2. The molecule has 0 aromatic heterocycles. The Bertz CT molecular complexity index is 1500. The Morgan fingerprint density at radius 3 is 2.44 bits per heavy atom. The van der Waals surface area contributed by atoms with E-state index in [1.165, 1.54) is 5.56 Å². The molecule has 6 heteroatoms. The van der Waals surface area contributed by atoms with Crippen molar-refractivity contribution in [3.63, 3.8) is 0 Å². The average molecular weight is 518 g/mol. The molecule has 6 nitrogen and oxygen atoms in total. The van der Waals surface area contributed by atoms with Gasteiger partial charge in [0.2, 0.25) is 0 Å².